The number of carbonyl (C=O) groups excluding carboxylic acids is 2. The molecular weight excluding hydrogens is 392 g/mol. The van der Waals surface area contributed by atoms with Crippen LogP contribution in [-0.4, -0.2) is 32.8 Å². The lowest BCUT2D eigenvalue weighted by atomic mass is 9.95. The van der Waals surface area contributed by atoms with Gasteiger partial charge in [-0.25, -0.2) is 18.0 Å². The average molecular weight is 414 g/mol. The summed E-state index contributed by atoms with van der Waals surface area (Å²) < 4.78 is 31.0. The van der Waals surface area contributed by atoms with E-state index < -0.39 is 33.6 Å². The molecule has 0 aliphatic carbocycles. The van der Waals surface area contributed by atoms with E-state index >= 15 is 0 Å². The van der Waals surface area contributed by atoms with Gasteiger partial charge in [0.05, 0.1) is 28.9 Å². The highest BCUT2D eigenvalue weighted by atomic mass is 32.2. The lowest BCUT2D eigenvalue weighted by Gasteiger charge is -2.29. The summed E-state index contributed by atoms with van der Waals surface area (Å²) >= 11 is 0. The van der Waals surface area contributed by atoms with E-state index in [1.54, 1.807) is 43.3 Å². The van der Waals surface area contributed by atoms with E-state index in [9.17, 15) is 18.0 Å². The van der Waals surface area contributed by atoms with Crippen molar-refractivity contribution in [2.45, 2.75) is 24.8 Å². The zero-order valence-electron chi connectivity index (χ0n) is 16.1. The van der Waals surface area contributed by atoms with Crippen molar-refractivity contribution in [1.29, 1.82) is 0 Å². The van der Waals surface area contributed by atoms with Gasteiger partial charge in [0, 0.05) is 5.70 Å². The van der Waals surface area contributed by atoms with Gasteiger partial charge in [-0.1, -0.05) is 48.0 Å². The van der Waals surface area contributed by atoms with Crippen molar-refractivity contribution in [3.63, 3.8) is 0 Å². The largest absolute Gasteiger partial charge is 0.463 e. The first-order chi connectivity index (χ1) is 13.8. The SMILES string of the molecule is CCOC(=O)C1=C(CS(=O)(=O)c2ccc(C)cc2)NC(=O)NC1c1ccccc1. The van der Waals surface area contributed by atoms with E-state index in [1.165, 1.54) is 12.1 Å². The fraction of sp³-hybridized carbons (Fsp3) is 0.238. The number of benzene rings is 2. The van der Waals surface area contributed by atoms with Crippen molar-refractivity contribution in [3.05, 3.63) is 77.0 Å². The Labute approximate surface area is 169 Å². The van der Waals surface area contributed by atoms with E-state index in [4.69, 9.17) is 4.74 Å². The maximum atomic E-state index is 12.9. The van der Waals surface area contributed by atoms with Crippen LogP contribution >= 0.6 is 0 Å². The molecule has 1 atom stereocenters. The fourth-order valence-electron chi connectivity index (χ4n) is 3.10. The van der Waals surface area contributed by atoms with Gasteiger partial charge in [-0.05, 0) is 31.5 Å². The second kappa shape index (κ2) is 8.48. The van der Waals surface area contributed by atoms with Crippen LogP contribution in [0.4, 0.5) is 4.79 Å². The molecule has 8 heteroatoms. The molecule has 0 spiro atoms. The van der Waals surface area contributed by atoms with Crippen LogP contribution in [0, 0.1) is 6.92 Å². The minimum Gasteiger partial charge on any atom is -0.463 e. The quantitative estimate of drug-likeness (QED) is 0.708. The molecule has 152 valence electrons. The molecular formula is C21H22N2O5S. The first kappa shape index (κ1) is 20.6. The van der Waals surface area contributed by atoms with Crippen molar-refractivity contribution in [2.75, 3.05) is 12.4 Å². The highest BCUT2D eigenvalue weighted by Crippen LogP contribution is 2.29. The molecule has 29 heavy (non-hydrogen) atoms. The summed E-state index contributed by atoms with van der Waals surface area (Å²) in [4.78, 5) is 25.1. The molecule has 1 aliphatic heterocycles. The predicted molar refractivity (Wildman–Crippen MR) is 108 cm³/mol. The molecule has 0 radical (unpaired) electrons. The van der Waals surface area contributed by atoms with Gasteiger partial charge in [0.2, 0.25) is 0 Å². The number of hydrogen-bond acceptors (Lipinski definition) is 5. The maximum absolute atomic E-state index is 12.9. The summed E-state index contributed by atoms with van der Waals surface area (Å²) in [5.74, 6) is -1.20. The van der Waals surface area contributed by atoms with Crippen molar-refractivity contribution >= 4 is 21.8 Å². The molecule has 2 aromatic rings. The first-order valence-electron chi connectivity index (χ1n) is 9.14. The summed E-state index contributed by atoms with van der Waals surface area (Å²) in [6, 6.07) is 13.9. The van der Waals surface area contributed by atoms with E-state index in [0.29, 0.717) is 5.56 Å². The van der Waals surface area contributed by atoms with Crippen molar-refractivity contribution < 1.29 is 22.7 Å². The van der Waals surface area contributed by atoms with E-state index in [1.807, 2.05) is 13.0 Å². The van der Waals surface area contributed by atoms with Gasteiger partial charge in [0.1, 0.15) is 0 Å². The Morgan fingerprint density at radius 3 is 2.34 bits per heavy atom. The highest BCUT2D eigenvalue weighted by molar-refractivity contribution is 7.91. The molecule has 2 aromatic carbocycles. The third-order valence-corrected chi connectivity index (χ3v) is 6.16. The number of urea groups is 1. The number of ether oxygens (including phenoxy) is 1. The number of esters is 1. The number of carbonyl (C=O) groups is 2. The van der Waals surface area contributed by atoms with Crippen molar-refractivity contribution in [2.24, 2.45) is 0 Å². The van der Waals surface area contributed by atoms with Crippen LogP contribution in [0.3, 0.4) is 0 Å². The van der Waals surface area contributed by atoms with Crippen LogP contribution in [0.15, 0.2) is 70.8 Å². The smallest absolute Gasteiger partial charge is 0.338 e. The van der Waals surface area contributed by atoms with Gasteiger partial charge in [-0.2, -0.15) is 0 Å². The molecule has 0 saturated heterocycles. The summed E-state index contributed by atoms with van der Waals surface area (Å²) in [6.07, 6.45) is 0. The van der Waals surface area contributed by atoms with Gasteiger partial charge in [0.25, 0.3) is 0 Å². The van der Waals surface area contributed by atoms with Gasteiger partial charge in [-0.15, -0.1) is 0 Å². The van der Waals surface area contributed by atoms with Gasteiger partial charge in [-0.3, -0.25) is 0 Å². The first-order valence-corrected chi connectivity index (χ1v) is 10.8. The molecule has 2 amide bonds. The van der Waals surface area contributed by atoms with Crippen LogP contribution in [0.5, 0.6) is 0 Å². The van der Waals surface area contributed by atoms with Crippen LogP contribution in [0.25, 0.3) is 0 Å². The molecule has 0 bridgehead atoms. The Kier molecular flexibility index (Phi) is 6.03. The third-order valence-electron chi connectivity index (χ3n) is 4.50. The maximum Gasteiger partial charge on any atom is 0.338 e. The second-order valence-electron chi connectivity index (χ2n) is 6.63. The van der Waals surface area contributed by atoms with Crippen LogP contribution in [0.2, 0.25) is 0 Å². The summed E-state index contributed by atoms with van der Waals surface area (Å²) in [5, 5.41) is 5.17. The molecule has 7 nitrogen and oxygen atoms in total. The lowest BCUT2D eigenvalue weighted by molar-refractivity contribution is -0.139. The number of hydrogen-bond donors (Lipinski definition) is 2. The zero-order chi connectivity index (χ0) is 21.0. The fourth-order valence-corrected chi connectivity index (χ4v) is 4.42. The summed E-state index contributed by atoms with van der Waals surface area (Å²) in [5.41, 5.74) is 1.67. The molecule has 1 aliphatic rings. The third kappa shape index (κ3) is 4.65. The number of amides is 2. The van der Waals surface area contributed by atoms with Crippen LogP contribution in [-0.2, 0) is 19.4 Å². The average Bonchev–Trinajstić information content (AvgIpc) is 2.68. The summed E-state index contributed by atoms with van der Waals surface area (Å²) in [6.45, 7) is 3.64. The molecule has 1 heterocycles. The van der Waals surface area contributed by atoms with Gasteiger partial charge in [0.15, 0.2) is 9.84 Å². The Morgan fingerprint density at radius 2 is 1.72 bits per heavy atom. The van der Waals surface area contributed by atoms with Gasteiger partial charge < -0.3 is 15.4 Å². The number of nitrogens with one attached hydrogen (secondary N) is 2. The normalized spacial score (nSPS) is 16.8. The van der Waals surface area contributed by atoms with E-state index in [2.05, 4.69) is 10.6 Å². The van der Waals surface area contributed by atoms with Gasteiger partial charge >= 0.3 is 12.0 Å². The minimum absolute atomic E-state index is 0.0154. The number of aryl methyl sites for hydroxylation is 1. The molecule has 3 rings (SSSR count). The molecule has 1 unspecified atom stereocenters. The van der Waals surface area contributed by atoms with Crippen LogP contribution in [0.1, 0.15) is 24.1 Å². The second-order valence-corrected chi connectivity index (χ2v) is 8.62. The zero-order valence-corrected chi connectivity index (χ0v) is 17.0. The number of sulfone groups is 1. The Hall–Kier alpha value is -3.13. The minimum atomic E-state index is -3.80. The molecule has 0 saturated carbocycles. The van der Waals surface area contributed by atoms with E-state index in [0.717, 1.165) is 5.56 Å². The van der Waals surface area contributed by atoms with Crippen LogP contribution < -0.4 is 10.6 Å². The topological polar surface area (TPSA) is 102 Å². The summed E-state index contributed by atoms with van der Waals surface area (Å²) in [7, 11) is -3.80. The molecule has 2 N–H and O–H groups in total. The van der Waals surface area contributed by atoms with E-state index in [-0.39, 0.29) is 22.8 Å². The monoisotopic (exact) mass is 414 g/mol. The Bertz CT molecular complexity index is 1040. The highest BCUT2D eigenvalue weighted by Gasteiger charge is 2.35. The van der Waals surface area contributed by atoms with Crippen molar-refractivity contribution in [3.8, 4) is 0 Å². The predicted octanol–water partition coefficient (Wildman–Crippen LogP) is 2.64. The standard InChI is InChI=1S/C21H22N2O5S/c1-3-28-20(24)18-17(13-29(26,27)16-11-9-14(2)10-12-16)22-21(25)23-19(18)15-7-5-4-6-8-15/h4-12,19H,3,13H2,1-2H3,(H2,22,23,25). The molecule has 0 aromatic heterocycles. The van der Waals surface area contributed by atoms with Crippen molar-refractivity contribution in [1.82, 2.24) is 10.6 Å². The Morgan fingerprint density at radius 1 is 1.07 bits per heavy atom. The molecule has 0 fully saturated rings. The lowest BCUT2D eigenvalue weighted by Crippen LogP contribution is -2.47. The number of rotatable bonds is 6. The Balaban J connectivity index is 2.08.